The summed E-state index contributed by atoms with van der Waals surface area (Å²) < 4.78 is 25.4. The fourth-order valence-electron chi connectivity index (χ4n) is 0.958. The van der Waals surface area contributed by atoms with Gasteiger partial charge in [0.05, 0.1) is 6.10 Å². The van der Waals surface area contributed by atoms with Gasteiger partial charge in [0.1, 0.15) is 5.82 Å². The third-order valence-electron chi connectivity index (χ3n) is 1.94. The fourth-order valence-corrected chi connectivity index (χ4v) is 1.99. The Kier molecular flexibility index (Phi) is 3.83. The van der Waals surface area contributed by atoms with Gasteiger partial charge >= 0.3 is 0 Å². The Balaban J connectivity index is 2.68. The fraction of sp³-hybridized carbons (Fsp3) is 0.625. The molecule has 0 spiro atoms. The lowest BCUT2D eigenvalue weighted by molar-refractivity contribution is 0.174. The van der Waals surface area contributed by atoms with E-state index in [0.717, 1.165) is 0 Å². The second-order valence-corrected chi connectivity index (χ2v) is 4.95. The average molecular weight is 233 g/mol. The number of aryl methyl sites for hydroxylation is 1. The Morgan fingerprint density at radius 3 is 2.80 bits per heavy atom. The number of aromatic amines is 1. The highest BCUT2D eigenvalue weighted by Crippen LogP contribution is 2.04. The highest BCUT2D eigenvalue weighted by molar-refractivity contribution is 7.89. The van der Waals surface area contributed by atoms with Gasteiger partial charge in [0.2, 0.25) is 0 Å². The van der Waals surface area contributed by atoms with Crippen LogP contribution in [0.25, 0.3) is 0 Å². The molecule has 1 rings (SSSR count). The van der Waals surface area contributed by atoms with E-state index in [2.05, 4.69) is 14.7 Å². The summed E-state index contributed by atoms with van der Waals surface area (Å²) in [5.41, 5.74) is 0. The zero-order chi connectivity index (χ0) is 11.5. The number of aliphatic hydroxyl groups is 1. The molecule has 0 saturated heterocycles. The lowest BCUT2D eigenvalue weighted by Gasteiger charge is -2.08. The minimum atomic E-state index is -3.60. The van der Waals surface area contributed by atoms with Crippen LogP contribution in [0.2, 0.25) is 0 Å². The van der Waals surface area contributed by atoms with Crippen molar-refractivity contribution in [1.82, 2.24) is 14.7 Å². The molecule has 0 aliphatic carbocycles. The molecule has 1 heterocycles. The van der Waals surface area contributed by atoms with E-state index in [1.54, 1.807) is 13.8 Å². The van der Waals surface area contributed by atoms with Crippen molar-refractivity contribution in [3.05, 3.63) is 12.0 Å². The SMILES string of the molecule is CCC(O)CNS(=O)(=O)c1c[nH]c(C)n1. The molecule has 1 unspecified atom stereocenters. The molecule has 0 radical (unpaired) electrons. The van der Waals surface area contributed by atoms with Gasteiger partial charge in [-0.25, -0.2) is 18.1 Å². The van der Waals surface area contributed by atoms with E-state index < -0.39 is 16.1 Å². The molecular formula is C8H15N3O3S. The van der Waals surface area contributed by atoms with E-state index >= 15 is 0 Å². The first-order valence-electron chi connectivity index (χ1n) is 4.65. The lowest BCUT2D eigenvalue weighted by Crippen LogP contribution is -2.32. The van der Waals surface area contributed by atoms with Gasteiger partial charge in [0, 0.05) is 12.7 Å². The van der Waals surface area contributed by atoms with Crippen LogP contribution in [0.3, 0.4) is 0 Å². The first kappa shape index (κ1) is 12.2. The molecule has 6 nitrogen and oxygen atoms in total. The topological polar surface area (TPSA) is 95.1 Å². The molecular weight excluding hydrogens is 218 g/mol. The van der Waals surface area contributed by atoms with Crippen molar-refractivity contribution in [2.75, 3.05) is 6.54 Å². The molecule has 1 atom stereocenters. The van der Waals surface area contributed by atoms with E-state index in [0.29, 0.717) is 12.2 Å². The molecule has 1 aromatic heterocycles. The second kappa shape index (κ2) is 4.73. The summed E-state index contributed by atoms with van der Waals surface area (Å²) in [4.78, 5) is 6.48. The van der Waals surface area contributed by atoms with Crippen molar-refractivity contribution in [3.8, 4) is 0 Å². The van der Waals surface area contributed by atoms with Crippen LogP contribution in [0, 0.1) is 6.92 Å². The second-order valence-electron chi connectivity index (χ2n) is 3.24. The van der Waals surface area contributed by atoms with Gasteiger partial charge in [-0.2, -0.15) is 0 Å². The van der Waals surface area contributed by atoms with Gasteiger partial charge in [-0.05, 0) is 13.3 Å². The molecule has 0 aromatic carbocycles. The summed E-state index contributed by atoms with van der Waals surface area (Å²) in [5.74, 6) is 0.534. The number of sulfonamides is 1. The van der Waals surface area contributed by atoms with Crippen molar-refractivity contribution in [3.63, 3.8) is 0 Å². The number of rotatable bonds is 5. The van der Waals surface area contributed by atoms with E-state index in [9.17, 15) is 13.5 Å². The molecule has 0 saturated carbocycles. The summed E-state index contributed by atoms with van der Waals surface area (Å²) >= 11 is 0. The summed E-state index contributed by atoms with van der Waals surface area (Å²) in [7, 11) is -3.60. The quantitative estimate of drug-likeness (QED) is 0.654. The number of nitrogens with one attached hydrogen (secondary N) is 2. The minimum Gasteiger partial charge on any atom is -0.392 e. The van der Waals surface area contributed by atoms with Crippen molar-refractivity contribution < 1.29 is 13.5 Å². The summed E-state index contributed by atoms with van der Waals surface area (Å²) in [6, 6.07) is 0. The summed E-state index contributed by atoms with van der Waals surface area (Å²) in [6.07, 6.45) is 1.15. The number of hydrogen-bond acceptors (Lipinski definition) is 4. The minimum absolute atomic E-state index is 0.00470. The van der Waals surface area contributed by atoms with E-state index in [-0.39, 0.29) is 11.6 Å². The highest BCUT2D eigenvalue weighted by atomic mass is 32.2. The van der Waals surface area contributed by atoms with Gasteiger partial charge in [0.15, 0.2) is 5.03 Å². The van der Waals surface area contributed by atoms with Crippen LogP contribution in [-0.2, 0) is 10.0 Å². The number of aromatic nitrogens is 2. The lowest BCUT2D eigenvalue weighted by atomic mass is 10.3. The van der Waals surface area contributed by atoms with Gasteiger partial charge < -0.3 is 10.1 Å². The van der Waals surface area contributed by atoms with Crippen LogP contribution in [0.5, 0.6) is 0 Å². The first-order chi connectivity index (χ1) is 6.95. The maximum absolute atomic E-state index is 11.6. The Hall–Kier alpha value is -0.920. The third kappa shape index (κ3) is 3.29. The van der Waals surface area contributed by atoms with Crippen LogP contribution in [-0.4, -0.2) is 36.1 Å². The largest absolute Gasteiger partial charge is 0.392 e. The Morgan fingerprint density at radius 1 is 1.67 bits per heavy atom. The van der Waals surface area contributed by atoms with E-state index in [1.165, 1.54) is 6.20 Å². The predicted molar refractivity (Wildman–Crippen MR) is 54.8 cm³/mol. The molecule has 15 heavy (non-hydrogen) atoms. The van der Waals surface area contributed by atoms with Gasteiger partial charge in [-0.15, -0.1) is 0 Å². The highest BCUT2D eigenvalue weighted by Gasteiger charge is 2.17. The number of nitrogens with zero attached hydrogens (tertiary/aromatic N) is 1. The Labute approximate surface area is 88.8 Å². The van der Waals surface area contributed by atoms with Crippen LogP contribution in [0.1, 0.15) is 19.2 Å². The molecule has 0 aliphatic heterocycles. The van der Waals surface area contributed by atoms with Gasteiger partial charge in [-0.3, -0.25) is 0 Å². The maximum Gasteiger partial charge on any atom is 0.259 e. The van der Waals surface area contributed by atoms with Crippen LogP contribution in [0.15, 0.2) is 11.2 Å². The molecule has 0 amide bonds. The standard InChI is InChI=1S/C8H15N3O3S/c1-3-7(12)4-10-15(13,14)8-5-9-6(2)11-8/h5,7,10,12H,3-4H2,1-2H3,(H,9,11). The van der Waals surface area contributed by atoms with Gasteiger partial charge in [0.25, 0.3) is 10.0 Å². The van der Waals surface area contributed by atoms with Crippen molar-refractivity contribution in [2.45, 2.75) is 31.4 Å². The Bertz CT molecular complexity index is 413. The van der Waals surface area contributed by atoms with Crippen molar-refractivity contribution >= 4 is 10.0 Å². The predicted octanol–water partition coefficient (Wildman–Crippen LogP) is -0.233. The monoisotopic (exact) mass is 233 g/mol. The number of imidazole rings is 1. The zero-order valence-electron chi connectivity index (χ0n) is 8.69. The number of H-pyrrole nitrogens is 1. The molecule has 7 heteroatoms. The van der Waals surface area contributed by atoms with Crippen LogP contribution in [0.4, 0.5) is 0 Å². The van der Waals surface area contributed by atoms with Gasteiger partial charge in [-0.1, -0.05) is 6.92 Å². The normalized spacial score (nSPS) is 14.1. The molecule has 86 valence electrons. The smallest absolute Gasteiger partial charge is 0.259 e. The zero-order valence-corrected chi connectivity index (χ0v) is 9.50. The number of aliphatic hydroxyl groups excluding tert-OH is 1. The van der Waals surface area contributed by atoms with Crippen LogP contribution >= 0.6 is 0 Å². The molecule has 0 bridgehead atoms. The summed E-state index contributed by atoms with van der Waals surface area (Å²) in [5, 5.41) is 9.17. The van der Waals surface area contributed by atoms with E-state index in [1.807, 2.05) is 0 Å². The summed E-state index contributed by atoms with van der Waals surface area (Å²) in [6.45, 7) is 3.45. The first-order valence-corrected chi connectivity index (χ1v) is 6.13. The third-order valence-corrected chi connectivity index (χ3v) is 3.24. The average Bonchev–Trinajstić information content (AvgIpc) is 2.62. The Morgan fingerprint density at radius 2 is 2.33 bits per heavy atom. The van der Waals surface area contributed by atoms with E-state index in [4.69, 9.17) is 0 Å². The molecule has 3 N–H and O–H groups in total. The van der Waals surface area contributed by atoms with Crippen molar-refractivity contribution in [1.29, 1.82) is 0 Å². The maximum atomic E-state index is 11.6. The number of hydrogen-bond donors (Lipinski definition) is 3. The van der Waals surface area contributed by atoms with Crippen LogP contribution < -0.4 is 4.72 Å². The molecule has 1 aromatic rings. The molecule has 0 aliphatic rings. The molecule has 0 fully saturated rings. The van der Waals surface area contributed by atoms with Crippen molar-refractivity contribution in [2.24, 2.45) is 0 Å².